The van der Waals surface area contributed by atoms with Crippen LogP contribution in [0.5, 0.6) is 0 Å². The predicted octanol–water partition coefficient (Wildman–Crippen LogP) is 16.8. The van der Waals surface area contributed by atoms with Crippen molar-refractivity contribution in [2.75, 3.05) is 13.2 Å². The van der Waals surface area contributed by atoms with Gasteiger partial charge < -0.3 is 14.2 Å². The smallest absolute Gasteiger partial charge is 0.306 e. The van der Waals surface area contributed by atoms with E-state index in [-0.39, 0.29) is 31.1 Å². The number of ether oxygens (including phenoxy) is 3. The van der Waals surface area contributed by atoms with Gasteiger partial charge in [-0.05, 0) is 89.9 Å². The van der Waals surface area contributed by atoms with E-state index in [1.54, 1.807) is 0 Å². The van der Waals surface area contributed by atoms with Crippen LogP contribution >= 0.6 is 0 Å². The van der Waals surface area contributed by atoms with Crippen molar-refractivity contribution >= 4 is 17.9 Å². The lowest BCUT2D eigenvalue weighted by molar-refractivity contribution is -0.167. The first-order valence-corrected chi connectivity index (χ1v) is 25.6. The molecule has 62 heavy (non-hydrogen) atoms. The molecule has 0 bridgehead atoms. The molecule has 0 aromatic carbocycles. The third kappa shape index (κ3) is 47.6. The van der Waals surface area contributed by atoms with E-state index in [0.29, 0.717) is 19.3 Å². The van der Waals surface area contributed by atoms with Gasteiger partial charge in [-0.2, -0.15) is 0 Å². The second-order valence-corrected chi connectivity index (χ2v) is 16.7. The number of carbonyl (C=O) groups is 3. The van der Waals surface area contributed by atoms with Gasteiger partial charge in [-0.15, -0.1) is 0 Å². The number of hydrogen-bond donors (Lipinski definition) is 0. The van der Waals surface area contributed by atoms with Gasteiger partial charge in [-0.25, -0.2) is 0 Å². The maximum atomic E-state index is 12.8. The number of carbonyl (C=O) groups excluding carboxylic acids is 3. The maximum Gasteiger partial charge on any atom is 0.306 e. The summed E-state index contributed by atoms with van der Waals surface area (Å²) in [5.74, 6) is -0.926. The van der Waals surface area contributed by atoms with Crippen molar-refractivity contribution in [3.63, 3.8) is 0 Å². The first-order chi connectivity index (χ1) is 30.5. The molecule has 354 valence electrons. The van der Waals surface area contributed by atoms with Gasteiger partial charge >= 0.3 is 17.9 Å². The molecule has 6 heteroatoms. The van der Waals surface area contributed by atoms with E-state index >= 15 is 0 Å². The molecule has 1 atom stereocenters. The van der Waals surface area contributed by atoms with Gasteiger partial charge in [0, 0.05) is 19.3 Å². The Hall–Kier alpha value is -3.41. The van der Waals surface area contributed by atoms with Gasteiger partial charge in [0.05, 0.1) is 0 Å². The molecule has 0 radical (unpaired) electrons. The van der Waals surface area contributed by atoms with Crippen LogP contribution in [0.15, 0.2) is 85.1 Å². The summed E-state index contributed by atoms with van der Waals surface area (Å²) >= 11 is 0. The fraction of sp³-hybridized carbons (Fsp3) is 0.696. The molecule has 0 spiro atoms. The molecule has 0 aromatic rings. The summed E-state index contributed by atoms with van der Waals surface area (Å²) in [6.07, 6.45) is 64.2. The van der Waals surface area contributed by atoms with Crippen molar-refractivity contribution in [1.29, 1.82) is 0 Å². The molecule has 0 amide bonds. The Balaban J connectivity index is 4.37. The Kier molecular flexibility index (Phi) is 47.5. The highest BCUT2D eigenvalue weighted by atomic mass is 16.6. The maximum absolute atomic E-state index is 12.8. The van der Waals surface area contributed by atoms with E-state index in [1.165, 1.54) is 57.8 Å². The quantitative estimate of drug-likeness (QED) is 0.0263. The zero-order chi connectivity index (χ0) is 45.1. The fourth-order valence-electron chi connectivity index (χ4n) is 6.78. The van der Waals surface area contributed by atoms with Crippen molar-refractivity contribution in [2.24, 2.45) is 0 Å². The highest BCUT2D eigenvalue weighted by Gasteiger charge is 2.19. The number of allylic oxidation sites excluding steroid dienone is 14. The van der Waals surface area contributed by atoms with Crippen LogP contribution in [-0.4, -0.2) is 37.2 Å². The fourth-order valence-corrected chi connectivity index (χ4v) is 6.78. The van der Waals surface area contributed by atoms with Gasteiger partial charge in [-0.3, -0.25) is 14.4 Å². The minimum absolute atomic E-state index is 0.0881. The summed E-state index contributed by atoms with van der Waals surface area (Å²) in [6, 6.07) is 0. The average molecular weight is 863 g/mol. The number of hydrogen-bond acceptors (Lipinski definition) is 6. The number of unbranched alkanes of at least 4 members (excludes halogenated alkanes) is 20. The standard InChI is InChI=1S/C56H94O6/c1-4-7-10-13-16-19-21-23-25-26-27-28-29-30-31-33-34-37-40-43-46-49-55(58)61-52-53(51-60-54(57)48-45-42-39-36-18-15-12-9-6-3)62-56(59)50-47-44-41-38-35-32-24-22-20-17-14-11-8-5-2/h7,10,14,16-17,19,22-25,27-28,30-31,53H,4-6,8-9,11-13,15,18,20-21,26,29,32-52H2,1-3H3/b10-7-,17-14-,19-16-,24-22-,25-23-,28-27-,31-30-. The lowest BCUT2D eigenvalue weighted by Crippen LogP contribution is -2.30. The van der Waals surface area contributed by atoms with Crippen molar-refractivity contribution in [1.82, 2.24) is 0 Å². The van der Waals surface area contributed by atoms with E-state index in [2.05, 4.69) is 106 Å². The minimum atomic E-state index is -0.789. The molecular weight excluding hydrogens is 769 g/mol. The normalized spacial score (nSPS) is 12.8. The lowest BCUT2D eigenvalue weighted by Gasteiger charge is -2.18. The van der Waals surface area contributed by atoms with Gasteiger partial charge in [0.2, 0.25) is 0 Å². The SMILES string of the molecule is CC/C=C\C/C=C\C/C=C\C/C=C\C/C=C\CCCCCCCC(=O)OCC(COC(=O)CCCCCCCCCCC)OC(=O)CCCCCCC/C=C\C/C=C\CCCC. The second kappa shape index (κ2) is 50.2. The van der Waals surface area contributed by atoms with Crippen LogP contribution in [0.25, 0.3) is 0 Å². The van der Waals surface area contributed by atoms with Crippen LogP contribution in [0, 0.1) is 0 Å². The molecule has 0 saturated carbocycles. The monoisotopic (exact) mass is 863 g/mol. The molecule has 6 nitrogen and oxygen atoms in total. The zero-order valence-corrected chi connectivity index (χ0v) is 40.4. The molecule has 0 fully saturated rings. The molecule has 0 aliphatic heterocycles. The molecule has 0 aliphatic rings. The second-order valence-electron chi connectivity index (χ2n) is 16.7. The van der Waals surface area contributed by atoms with E-state index in [9.17, 15) is 14.4 Å². The van der Waals surface area contributed by atoms with Crippen LogP contribution in [0.1, 0.15) is 233 Å². The Morgan fingerprint density at radius 2 is 0.645 bits per heavy atom. The van der Waals surface area contributed by atoms with E-state index in [0.717, 1.165) is 135 Å². The first-order valence-electron chi connectivity index (χ1n) is 25.6. The van der Waals surface area contributed by atoms with Crippen molar-refractivity contribution in [2.45, 2.75) is 239 Å². The van der Waals surface area contributed by atoms with E-state index in [4.69, 9.17) is 14.2 Å². The van der Waals surface area contributed by atoms with Gasteiger partial charge in [0.15, 0.2) is 6.10 Å². The Morgan fingerprint density at radius 1 is 0.339 bits per heavy atom. The number of esters is 3. The van der Waals surface area contributed by atoms with Gasteiger partial charge in [-0.1, -0.05) is 209 Å². The van der Waals surface area contributed by atoms with Gasteiger partial charge in [0.1, 0.15) is 13.2 Å². The van der Waals surface area contributed by atoms with Crippen molar-refractivity contribution in [3.05, 3.63) is 85.1 Å². The minimum Gasteiger partial charge on any atom is -0.462 e. The molecule has 0 heterocycles. The van der Waals surface area contributed by atoms with E-state index in [1.807, 2.05) is 0 Å². The van der Waals surface area contributed by atoms with Crippen LogP contribution in [0.3, 0.4) is 0 Å². The third-order valence-electron chi connectivity index (χ3n) is 10.6. The molecule has 1 unspecified atom stereocenters. The highest BCUT2D eigenvalue weighted by molar-refractivity contribution is 5.71. The van der Waals surface area contributed by atoms with Crippen LogP contribution in [-0.2, 0) is 28.6 Å². The predicted molar refractivity (Wildman–Crippen MR) is 265 cm³/mol. The summed E-state index contributed by atoms with van der Waals surface area (Å²) in [7, 11) is 0. The topological polar surface area (TPSA) is 78.9 Å². The largest absolute Gasteiger partial charge is 0.462 e. The molecule has 0 rings (SSSR count). The summed E-state index contributed by atoms with van der Waals surface area (Å²) < 4.78 is 16.7. The zero-order valence-electron chi connectivity index (χ0n) is 40.4. The Morgan fingerprint density at radius 3 is 1.03 bits per heavy atom. The molecule has 0 aliphatic carbocycles. The van der Waals surface area contributed by atoms with Crippen LogP contribution < -0.4 is 0 Å². The van der Waals surface area contributed by atoms with Gasteiger partial charge in [0.25, 0.3) is 0 Å². The third-order valence-corrected chi connectivity index (χ3v) is 10.6. The van der Waals surface area contributed by atoms with Crippen molar-refractivity contribution in [3.8, 4) is 0 Å². The summed E-state index contributed by atoms with van der Waals surface area (Å²) in [5.41, 5.74) is 0. The molecule has 0 N–H and O–H groups in total. The summed E-state index contributed by atoms with van der Waals surface area (Å²) in [6.45, 7) is 6.43. The average Bonchev–Trinajstić information content (AvgIpc) is 3.27. The summed E-state index contributed by atoms with van der Waals surface area (Å²) in [5, 5.41) is 0. The number of rotatable bonds is 45. The first kappa shape index (κ1) is 58.6. The van der Waals surface area contributed by atoms with Crippen molar-refractivity contribution < 1.29 is 28.6 Å². The Bertz CT molecular complexity index is 1220. The van der Waals surface area contributed by atoms with Crippen LogP contribution in [0.2, 0.25) is 0 Å². The van der Waals surface area contributed by atoms with E-state index < -0.39 is 6.10 Å². The Labute approximate surface area is 382 Å². The molecule has 0 saturated heterocycles. The molecule has 0 aromatic heterocycles. The lowest BCUT2D eigenvalue weighted by atomic mass is 10.1. The molecular formula is C56H94O6. The highest BCUT2D eigenvalue weighted by Crippen LogP contribution is 2.14. The summed E-state index contributed by atoms with van der Waals surface area (Å²) in [4.78, 5) is 37.9. The van der Waals surface area contributed by atoms with Crippen LogP contribution in [0.4, 0.5) is 0 Å².